The number of ether oxygens (including phenoxy) is 1. The van der Waals surface area contributed by atoms with Crippen LogP contribution in [0.2, 0.25) is 0 Å². The summed E-state index contributed by atoms with van der Waals surface area (Å²) in [6, 6.07) is 15.8. The van der Waals surface area contributed by atoms with Crippen molar-refractivity contribution in [3.63, 3.8) is 0 Å². The molecule has 0 aromatic heterocycles. The van der Waals surface area contributed by atoms with Gasteiger partial charge in [0.1, 0.15) is 5.75 Å². The fraction of sp³-hybridized carbons (Fsp3) is 0.278. The molecule has 0 N–H and O–H groups in total. The molecule has 1 saturated heterocycles. The van der Waals surface area contributed by atoms with Crippen LogP contribution >= 0.6 is 22.6 Å². The van der Waals surface area contributed by atoms with Crippen molar-refractivity contribution in [2.75, 3.05) is 38.2 Å². The second-order valence-corrected chi connectivity index (χ2v) is 6.62. The molecular weight excluding hydrogens is 403 g/mol. The molecule has 0 spiro atoms. The molecule has 0 unspecified atom stereocenters. The van der Waals surface area contributed by atoms with Crippen LogP contribution in [0.5, 0.6) is 5.75 Å². The van der Waals surface area contributed by atoms with Gasteiger partial charge >= 0.3 is 0 Å². The van der Waals surface area contributed by atoms with E-state index in [2.05, 4.69) is 33.6 Å². The Morgan fingerprint density at radius 1 is 1.04 bits per heavy atom. The molecule has 3 rings (SSSR count). The lowest BCUT2D eigenvalue weighted by Gasteiger charge is -2.36. The molecule has 5 heteroatoms. The minimum absolute atomic E-state index is 0.125. The number of anilines is 1. The molecule has 2 aromatic rings. The number of piperazine rings is 1. The highest BCUT2D eigenvalue weighted by atomic mass is 127. The van der Waals surface area contributed by atoms with Gasteiger partial charge in [-0.2, -0.15) is 0 Å². The number of hydrogen-bond donors (Lipinski definition) is 0. The van der Waals surface area contributed by atoms with Gasteiger partial charge in [-0.25, -0.2) is 0 Å². The van der Waals surface area contributed by atoms with Crippen LogP contribution in [-0.2, 0) is 0 Å². The van der Waals surface area contributed by atoms with Gasteiger partial charge in [-0.15, -0.1) is 0 Å². The Morgan fingerprint density at radius 3 is 2.48 bits per heavy atom. The fourth-order valence-corrected chi connectivity index (χ4v) is 3.40. The third kappa shape index (κ3) is 3.60. The van der Waals surface area contributed by atoms with E-state index in [-0.39, 0.29) is 5.91 Å². The Morgan fingerprint density at radius 2 is 1.78 bits per heavy atom. The minimum Gasteiger partial charge on any atom is -0.497 e. The third-order valence-corrected chi connectivity index (χ3v) is 5.03. The highest BCUT2D eigenvalue weighted by Gasteiger charge is 2.23. The van der Waals surface area contributed by atoms with E-state index in [1.807, 2.05) is 47.4 Å². The number of carbonyl (C=O) groups excluding carboxylic acids is 1. The van der Waals surface area contributed by atoms with Crippen molar-refractivity contribution >= 4 is 34.2 Å². The standard InChI is InChI=1S/C18H19IN2O2/c1-23-15-6-4-5-14(13-15)20-9-11-21(12-10-20)18(22)16-7-2-3-8-17(16)19/h2-8,13H,9-12H2,1H3. The van der Waals surface area contributed by atoms with Crippen molar-refractivity contribution < 1.29 is 9.53 Å². The summed E-state index contributed by atoms with van der Waals surface area (Å²) in [4.78, 5) is 16.9. The molecule has 2 aromatic carbocycles. The summed E-state index contributed by atoms with van der Waals surface area (Å²) in [6.45, 7) is 3.15. The van der Waals surface area contributed by atoms with Gasteiger partial charge in [0.05, 0.1) is 12.7 Å². The van der Waals surface area contributed by atoms with Gasteiger partial charge < -0.3 is 14.5 Å². The van der Waals surface area contributed by atoms with E-state index in [9.17, 15) is 4.79 Å². The quantitative estimate of drug-likeness (QED) is 0.713. The molecule has 4 nitrogen and oxygen atoms in total. The fourth-order valence-electron chi connectivity index (χ4n) is 2.78. The number of hydrogen-bond acceptors (Lipinski definition) is 3. The van der Waals surface area contributed by atoms with Crippen molar-refractivity contribution in [2.24, 2.45) is 0 Å². The highest BCUT2D eigenvalue weighted by molar-refractivity contribution is 14.1. The number of nitrogens with zero attached hydrogens (tertiary/aromatic N) is 2. The molecule has 0 saturated carbocycles. The Hall–Kier alpha value is -1.76. The first-order valence-corrected chi connectivity index (χ1v) is 8.70. The molecule has 1 aliphatic heterocycles. The second kappa shape index (κ2) is 7.21. The van der Waals surface area contributed by atoms with Gasteiger partial charge in [0, 0.05) is 41.5 Å². The predicted molar refractivity (Wildman–Crippen MR) is 100 cm³/mol. The Kier molecular flexibility index (Phi) is 5.05. The topological polar surface area (TPSA) is 32.8 Å². The smallest absolute Gasteiger partial charge is 0.255 e. The second-order valence-electron chi connectivity index (χ2n) is 5.46. The SMILES string of the molecule is COc1cccc(N2CCN(C(=O)c3ccccc3I)CC2)c1. The molecule has 1 fully saturated rings. The first-order chi connectivity index (χ1) is 11.2. The number of methoxy groups -OCH3 is 1. The zero-order valence-corrected chi connectivity index (χ0v) is 15.2. The Balaban J connectivity index is 1.66. The van der Waals surface area contributed by atoms with E-state index < -0.39 is 0 Å². The molecular formula is C18H19IN2O2. The molecule has 120 valence electrons. The van der Waals surface area contributed by atoms with Crippen LogP contribution in [0.1, 0.15) is 10.4 Å². The lowest BCUT2D eigenvalue weighted by atomic mass is 10.1. The van der Waals surface area contributed by atoms with Crippen LogP contribution in [-0.4, -0.2) is 44.1 Å². The third-order valence-electron chi connectivity index (χ3n) is 4.09. The lowest BCUT2D eigenvalue weighted by Crippen LogP contribution is -2.49. The van der Waals surface area contributed by atoms with Gasteiger partial charge in [0.15, 0.2) is 0 Å². The summed E-state index contributed by atoms with van der Waals surface area (Å²) in [6.07, 6.45) is 0. The average Bonchev–Trinajstić information content (AvgIpc) is 2.62. The van der Waals surface area contributed by atoms with Crippen LogP contribution in [0.3, 0.4) is 0 Å². The van der Waals surface area contributed by atoms with Crippen molar-refractivity contribution in [3.05, 3.63) is 57.7 Å². The monoisotopic (exact) mass is 422 g/mol. The Labute approximate surface area is 150 Å². The predicted octanol–water partition coefficient (Wildman–Crippen LogP) is 3.26. The number of carbonyl (C=O) groups is 1. The molecule has 1 amide bonds. The average molecular weight is 422 g/mol. The first-order valence-electron chi connectivity index (χ1n) is 7.62. The molecule has 1 aliphatic rings. The van der Waals surface area contributed by atoms with Crippen LogP contribution in [0, 0.1) is 3.57 Å². The Bertz CT molecular complexity index is 697. The van der Waals surface area contributed by atoms with Gasteiger partial charge in [-0.05, 0) is 46.9 Å². The van der Waals surface area contributed by atoms with E-state index >= 15 is 0 Å². The highest BCUT2D eigenvalue weighted by Crippen LogP contribution is 2.23. The maximum atomic E-state index is 12.6. The lowest BCUT2D eigenvalue weighted by molar-refractivity contribution is 0.0745. The maximum absolute atomic E-state index is 12.6. The van der Waals surface area contributed by atoms with E-state index in [1.165, 1.54) is 0 Å². The van der Waals surface area contributed by atoms with Crippen LogP contribution in [0.15, 0.2) is 48.5 Å². The number of amides is 1. The van der Waals surface area contributed by atoms with E-state index in [1.54, 1.807) is 7.11 Å². The van der Waals surface area contributed by atoms with Gasteiger partial charge in [-0.3, -0.25) is 4.79 Å². The summed E-state index contributed by atoms with van der Waals surface area (Å²) in [5.41, 5.74) is 1.94. The molecule has 0 bridgehead atoms. The van der Waals surface area contributed by atoms with Gasteiger partial charge in [0.25, 0.3) is 5.91 Å². The number of halogens is 1. The van der Waals surface area contributed by atoms with Crippen molar-refractivity contribution in [1.82, 2.24) is 4.90 Å². The van der Waals surface area contributed by atoms with Gasteiger partial charge in [-0.1, -0.05) is 18.2 Å². The number of rotatable bonds is 3. The summed E-state index contributed by atoms with van der Waals surface area (Å²) in [5.74, 6) is 0.986. The molecule has 23 heavy (non-hydrogen) atoms. The summed E-state index contributed by atoms with van der Waals surface area (Å²) < 4.78 is 6.29. The van der Waals surface area contributed by atoms with Gasteiger partial charge in [0.2, 0.25) is 0 Å². The molecule has 0 aliphatic carbocycles. The van der Waals surface area contributed by atoms with Crippen molar-refractivity contribution in [1.29, 1.82) is 0 Å². The van der Waals surface area contributed by atoms with E-state index in [0.29, 0.717) is 0 Å². The van der Waals surface area contributed by atoms with Crippen LogP contribution in [0.25, 0.3) is 0 Å². The maximum Gasteiger partial charge on any atom is 0.255 e. The van der Waals surface area contributed by atoms with Crippen LogP contribution < -0.4 is 9.64 Å². The largest absolute Gasteiger partial charge is 0.497 e. The summed E-state index contributed by atoms with van der Waals surface area (Å²) >= 11 is 2.22. The molecule has 0 atom stereocenters. The van der Waals surface area contributed by atoms with E-state index in [4.69, 9.17) is 4.74 Å². The van der Waals surface area contributed by atoms with Crippen molar-refractivity contribution in [3.8, 4) is 5.75 Å². The number of benzene rings is 2. The first kappa shape index (κ1) is 16.1. The summed E-state index contributed by atoms with van der Waals surface area (Å²) in [5, 5.41) is 0. The van der Waals surface area contributed by atoms with E-state index in [0.717, 1.165) is 46.7 Å². The molecule has 1 heterocycles. The van der Waals surface area contributed by atoms with Crippen molar-refractivity contribution in [2.45, 2.75) is 0 Å². The normalized spacial score (nSPS) is 14.7. The zero-order valence-electron chi connectivity index (χ0n) is 13.0. The zero-order chi connectivity index (χ0) is 16.2. The summed E-state index contributed by atoms with van der Waals surface area (Å²) in [7, 11) is 1.68. The van der Waals surface area contributed by atoms with Crippen LogP contribution in [0.4, 0.5) is 5.69 Å². The molecule has 0 radical (unpaired) electrons. The minimum atomic E-state index is 0.125.